The number of nitrogens with one attached hydrogen (secondary N) is 1. The summed E-state index contributed by atoms with van der Waals surface area (Å²) in [6, 6.07) is 8.45. The summed E-state index contributed by atoms with van der Waals surface area (Å²) in [6.45, 7) is 8.72. The lowest BCUT2D eigenvalue weighted by atomic mass is 9.99. The van der Waals surface area contributed by atoms with Crippen LogP contribution in [0, 0.1) is 19.8 Å². The Kier molecular flexibility index (Phi) is 4.27. The molecule has 0 saturated carbocycles. The first kappa shape index (κ1) is 14.8. The highest BCUT2D eigenvalue weighted by Crippen LogP contribution is 2.25. The molecule has 116 valence electrons. The molecule has 1 N–H and O–H groups in total. The highest BCUT2D eigenvalue weighted by atomic mass is 15.2. The summed E-state index contributed by atoms with van der Waals surface area (Å²) >= 11 is 0. The SMILES string of the molecule is Cc1ccc(Nc2cc(N3CCC(C)CC3)ncn2)c(C)c1. The third-order valence-corrected chi connectivity index (χ3v) is 4.40. The van der Waals surface area contributed by atoms with Gasteiger partial charge in [-0.3, -0.25) is 0 Å². The van der Waals surface area contributed by atoms with Crippen molar-refractivity contribution in [2.24, 2.45) is 5.92 Å². The Morgan fingerprint density at radius 3 is 2.59 bits per heavy atom. The molecular weight excluding hydrogens is 272 g/mol. The van der Waals surface area contributed by atoms with E-state index in [1.807, 2.05) is 0 Å². The maximum absolute atomic E-state index is 4.44. The molecule has 3 rings (SSSR count). The van der Waals surface area contributed by atoms with Gasteiger partial charge in [-0.15, -0.1) is 0 Å². The summed E-state index contributed by atoms with van der Waals surface area (Å²) in [6.07, 6.45) is 4.13. The number of aryl methyl sites for hydroxylation is 2. The van der Waals surface area contributed by atoms with Crippen LogP contribution in [-0.4, -0.2) is 23.1 Å². The third-order valence-electron chi connectivity index (χ3n) is 4.40. The van der Waals surface area contributed by atoms with Crippen LogP contribution in [0.25, 0.3) is 0 Å². The first-order valence-electron chi connectivity index (χ1n) is 8.03. The second-order valence-corrected chi connectivity index (χ2v) is 6.37. The molecule has 2 heterocycles. The Morgan fingerprint density at radius 1 is 1.09 bits per heavy atom. The zero-order valence-corrected chi connectivity index (χ0v) is 13.6. The van der Waals surface area contributed by atoms with Crippen LogP contribution in [0.15, 0.2) is 30.6 Å². The molecule has 0 unspecified atom stereocenters. The lowest BCUT2D eigenvalue weighted by Crippen LogP contribution is -2.33. The van der Waals surface area contributed by atoms with Crippen LogP contribution >= 0.6 is 0 Å². The minimum Gasteiger partial charge on any atom is -0.356 e. The Bertz CT molecular complexity index is 645. The molecule has 0 bridgehead atoms. The van der Waals surface area contributed by atoms with Crippen LogP contribution in [0.4, 0.5) is 17.3 Å². The number of hydrogen-bond acceptors (Lipinski definition) is 4. The average Bonchev–Trinajstić information content (AvgIpc) is 2.51. The molecule has 22 heavy (non-hydrogen) atoms. The van der Waals surface area contributed by atoms with Crippen LogP contribution in [0.3, 0.4) is 0 Å². The van der Waals surface area contributed by atoms with E-state index in [0.717, 1.165) is 36.3 Å². The zero-order chi connectivity index (χ0) is 15.5. The van der Waals surface area contributed by atoms with E-state index in [1.165, 1.54) is 24.0 Å². The molecule has 1 fully saturated rings. The minimum absolute atomic E-state index is 0.825. The number of rotatable bonds is 3. The van der Waals surface area contributed by atoms with Crippen LogP contribution in [0.2, 0.25) is 0 Å². The smallest absolute Gasteiger partial charge is 0.135 e. The van der Waals surface area contributed by atoms with Crippen molar-refractivity contribution in [3.8, 4) is 0 Å². The summed E-state index contributed by atoms with van der Waals surface area (Å²) in [5, 5.41) is 3.41. The topological polar surface area (TPSA) is 41.0 Å². The molecule has 1 aliphatic rings. The van der Waals surface area contributed by atoms with Crippen molar-refractivity contribution in [2.45, 2.75) is 33.6 Å². The van der Waals surface area contributed by atoms with Gasteiger partial charge in [0.1, 0.15) is 18.0 Å². The molecule has 0 amide bonds. The Morgan fingerprint density at radius 2 is 1.86 bits per heavy atom. The van der Waals surface area contributed by atoms with Gasteiger partial charge in [-0.25, -0.2) is 9.97 Å². The fraction of sp³-hybridized carbons (Fsp3) is 0.444. The Hall–Kier alpha value is -2.10. The number of nitrogens with zero attached hydrogens (tertiary/aromatic N) is 3. The van der Waals surface area contributed by atoms with E-state index in [2.05, 4.69) is 65.2 Å². The first-order chi connectivity index (χ1) is 10.6. The maximum atomic E-state index is 4.44. The van der Waals surface area contributed by atoms with Gasteiger partial charge in [0.2, 0.25) is 0 Å². The van der Waals surface area contributed by atoms with Gasteiger partial charge in [-0.1, -0.05) is 24.6 Å². The van der Waals surface area contributed by atoms with Gasteiger partial charge in [0.25, 0.3) is 0 Å². The average molecular weight is 296 g/mol. The molecule has 0 spiro atoms. The van der Waals surface area contributed by atoms with E-state index in [9.17, 15) is 0 Å². The summed E-state index contributed by atoms with van der Waals surface area (Å²) in [7, 11) is 0. The van der Waals surface area contributed by atoms with Crippen molar-refractivity contribution < 1.29 is 0 Å². The molecule has 2 aromatic rings. The standard InChI is InChI=1S/C18H24N4/c1-13-6-8-22(9-7-13)18-11-17(19-12-20-18)21-16-5-4-14(2)10-15(16)3/h4-5,10-13H,6-9H2,1-3H3,(H,19,20,21). The van der Waals surface area contributed by atoms with E-state index < -0.39 is 0 Å². The van der Waals surface area contributed by atoms with Crippen molar-refractivity contribution in [3.63, 3.8) is 0 Å². The summed E-state index contributed by atoms with van der Waals surface area (Å²) < 4.78 is 0. The molecule has 0 radical (unpaired) electrons. The van der Waals surface area contributed by atoms with Gasteiger partial charge < -0.3 is 10.2 Å². The second kappa shape index (κ2) is 6.34. The van der Waals surface area contributed by atoms with Crippen molar-refractivity contribution >= 4 is 17.3 Å². The molecule has 1 aliphatic heterocycles. The number of benzene rings is 1. The van der Waals surface area contributed by atoms with Crippen molar-refractivity contribution in [1.82, 2.24) is 9.97 Å². The van der Waals surface area contributed by atoms with Gasteiger partial charge in [0, 0.05) is 24.8 Å². The fourth-order valence-corrected chi connectivity index (χ4v) is 2.92. The fourth-order valence-electron chi connectivity index (χ4n) is 2.92. The number of piperidine rings is 1. The Labute approximate surface area is 132 Å². The normalized spacial score (nSPS) is 15.9. The summed E-state index contributed by atoms with van der Waals surface area (Å²) in [5.41, 5.74) is 3.60. The molecule has 1 aromatic heterocycles. The molecule has 4 heteroatoms. The predicted molar refractivity (Wildman–Crippen MR) is 91.8 cm³/mol. The first-order valence-corrected chi connectivity index (χ1v) is 8.03. The van der Waals surface area contributed by atoms with Crippen LogP contribution < -0.4 is 10.2 Å². The zero-order valence-electron chi connectivity index (χ0n) is 13.6. The van der Waals surface area contributed by atoms with E-state index in [-0.39, 0.29) is 0 Å². The highest BCUT2D eigenvalue weighted by Gasteiger charge is 2.17. The molecule has 1 saturated heterocycles. The number of anilines is 3. The molecule has 1 aromatic carbocycles. The van der Waals surface area contributed by atoms with E-state index >= 15 is 0 Å². The van der Waals surface area contributed by atoms with Crippen molar-refractivity contribution in [2.75, 3.05) is 23.3 Å². The molecule has 0 atom stereocenters. The van der Waals surface area contributed by atoms with Crippen molar-refractivity contribution in [3.05, 3.63) is 41.7 Å². The number of aromatic nitrogens is 2. The second-order valence-electron chi connectivity index (χ2n) is 6.37. The predicted octanol–water partition coefficient (Wildman–Crippen LogP) is 4.07. The van der Waals surface area contributed by atoms with Gasteiger partial charge in [-0.2, -0.15) is 0 Å². The van der Waals surface area contributed by atoms with Crippen molar-refractivity contribution in [1.29, 1.82) is 0 Å². The monoisotopic (exact) mass is 296 g/mol. The molecular formula is C18H24N4. The van der Waals surface area contributed by atoms with Crippen LogP contribution in [0.1, 0.15) is 30.9 Å². The van der Waals surface area contributed by atoms with Gasteiger partial charge in [0.15, 0.2) is 0 Å². The quantitative estimate of drug-likeness (QED) is 0.927. The lowest BCUT2D eigenvalue weighted by Gasteiger charge is -2.31. The van der Waals surface area contributed by atoms with Gasteiger partial charge in [-0.05, 0) is 44.2 Å². The molecule has 4 nitrogen and oxygen atoms in total. The largest absolute Gasteiger partial charge is 0.356 e. The van der Waals surface area contributed by atoms with Gasteiger partial charge in [0.05, 0.1) is 0 Å². The highest BCUT2D eigenvalue weighted by molar-refractivity contribution is 5.63. The summed E-state index contributed by atoms with van der Waals surface area (Å²) in [4.78, 5) is 11.2. The number of hydrogen-bond donors (Lipinski definition) is 1. The van der Waals surface area contributed by atoms with E-state index in [0.29, 0.717) is 0 Å². The van der Waals surface area contributed by atoms with Crippen LogP contribution in [-0.2, 0) is 0 Å². The van der Waals surface area contributed by atoms with Crippen LogP contribution in [0.5, 0.6) is 0 Å². The van der Waals surface area contributed by atoms with E-state index in [4.69, 9.17) is 0 Å². The summed E-state index contributed by atoms with van der Waals surface area (Å²) in [5.74, 6) is 2.70. The Balaban J connectivity index is 1.76. The minimum atomic E-state index is 0.825. The maximum Gasteiger partial charge on any atom is 0.135 e. The van der Waals surface area contributed by atoms with E-state index in [1.54, 1.807) is 6.33 Å². The van der Waals surface area contributed by atoms with Gasteiger partial charge >= 0.3 is 0 Å². The third kappa shape index (κ3) is 3.38. The molecule has 0 aliphatic carbocycles. The lowest BCUT2D eigenvalue weighted by molar-refractivity contribution is 0.436.